The van der Waals surface area contributed by atoms with Crippen molar-refractivity contribution in [3.63, 3.8) is 0 Å². The molecule has 3 heterocycles. The highest BCUT2D eigenvalue weighted by molar-refractivity contribution is 5.82. The van der Waals surface area contributed by atoms with Gasteiger partial charge in [0.1, 0.15) is 17.9 Å². The number of hydrogen-bond acceptors (Lipinski definition) is 8. The molecule has 0 bridgehead atoms. The van der Waals surface area contributed by atoms with Gasteiger partial charge < -0.3 is 25.4 Å². The van der Waals surface area contributed by atoms with Gasteiger partial charge in [-0.15, -0.1) is 0 Å². The van der Waals surface area contributed by atoms with E-state index in [2.05, 4.69) is 20.3 Å². The fourth-order valence-corrected chi connectivity index (χ4v) is 2.49. The molecule has 21 heavy (non-hydrogen) atoms. The first-order valence-corrected chi connectivity index (χ1v) is 6.61. The summed E-state index contributed by atoms with van der Waals surface area (Å²) in [5, 5.41) is 32.3. The van der Waals surface area contributed by atoms with Gasteiger partial charge >= 0.3 is 0 Å². The number of nitrogens with zero attached hydrogens (tertiary/aromatic N) is 4. The van der Waals surface area contributed by atoms with Crippen LogP contribution in [0.5, 0.6) is 0 Å². The van der Waals surface area contributed by atoms with E-state index in [9.17, 15) is 10.2 Å². The normalized spacial score (nSPS) is 29.7. The fourth-order valence-electron chi connectivity index (χ4n) is 2.49. The maximum absolute atomic E-state index is 10.2. The smallest absolute Gasteiger partial charge is 0.167 e. The highest BCUT2D eigenvalue weighted by Gasteiger charge is 2.39. The van der Waals surface area contributed by atoms with Gasteiger partial charge in [-0.05, 0) is 0 Å². The van der Waals surface area contributed by atoms with Crippen molar-refractivity contribution < 1.29 is 20.1 Å². The zero-order valence-electron chi connectivity index (χ0n) is 11.4. The second-order valence-corrected chi connectivity index (χ2v) is 4.94. The van der Waals surface area contributed by atoms with E-state index in [0.29, 0.717) is 17.0 Å². The Hall–Kier alpha value is -1.81. The molecule has 9 nitrogen and oxygen atoms in total. The summed E-state index contributed by atoms with van der Waals surface area (Å²) in [6, 6.07) is 0. The number of rotatable bonds is 3. The summed E-state index contributed by atoms with van der Waals surface area (Å²) in [4.78, 5) is 12.4. The Morgan fingerprint density at radius 2 is 2.14 bits per heavy atom. The van der Waals surface area contributed by atoms with Crippen molar-refractivity contribution in [2.75, 3.05) is 25.6 Å². The molecule has 0 radical (unpaired) electrons. The molecule has 4 unspecified atom stereocenters. The molecule has 0 spiro atoms. The number of aliphatic hydroxyl groups is 3. The van der Waals surface area contributed by atoms with Crippen molar-refractivity contribution in [3.8, 4) is 0 Å². The minimum absolute atomic E-state index is 0.142. The lowest BCUT2D eigenvalue weighted by Crippen LogP contribution is -2.48. The third-order valence-electron chi connectivity index (χ3n) is 3.71. The summed E-state index contributed by atoms with van der Waals surface area (Å²) in [5.74, 6) is 0.0614. The first-order valence-electron chi connectivity index (χ1n) is 6.61. The number of nitrogens with one attached hydrogen (secondary N) is 1. The van der Waals surface area contributed by atoms with Crippen molar-refractivity contribution in [2.24, 2.45) is 5.92 Å². The van der Waals surface area contributed by atoms with E-state index in [1.54, 1.807) is 11.6 Å². The van der Waals surface area contributed by atoms with Crippen LogP contribution in [0.3, 0.4) is 0 Å². The molecule has 9 heteroatoms. The monoisotopic (exact) mass is 295 g/mol. The molecule has 0 amide bonds. The van der Waals surface area contributed by atoms with Crippen molar-refractivity contribution >= 4 is 17.0 Å². The summed E-state index contributed by atoms with van der Waals surface area (Å²) in [6.45, 7) is -0.106. The Bertz CT molecular complexity index is 633. The van der Waals surface area contributed by atoms with Crippen molar-refractivity contribution in [3.05, 3.63) is 12.7 Å². The topological polar surface area (TPSA) is 126 Å². The molecule has 1 saturated heterocycles. The lowest BCUT2D eigenvalue weighted by molar-refractivity contribution is -0.196. The van der Waals surface area contributed by atoms with Crippen LogP contribution in [0.2, 0.25) is 0 Å². The maximum Gasteiger partial charge on any atom is 0.167 e. The molecule has 2 aromatic heterocycles. The number of hydrogen-bond donors (Lipinski definition) is 4. The predicted molar refractivity (Wildman–Crippen MR) is 72.4 cm³/mol. The van der Waals surface area contributed by atoms with Gasteiger partial charge in [-0.2, -0.15) is 0 Å². The molecule has 1 fully saturated rings. The summed E-state index contributed by atoms with van der Waals surface area (Å²) < 4.78 is 7.12. The average molecular weight is 295 g/mol. The van der Waals surface area contributed by atoms with Gasteiger partial charge in [0.05, 0.1) is 25.6 Å². The largest absolute Gasteiger partial charge is 0.396 e. The van der Waals surface area contributed by atoms with Gasteiger partial charge in [-0.25, -0.2) is 15.0 Å². The fraction of sp³-hybridized carbons (Fsp3) is 0.583. The number of aromatic nitrogens is 4. The van der Waals surface area contributed by atoms with Crippen LogP contribution in [-0.4, -0.2) is 67.3 Å². The zero-order chi connectivity index (χ0) is 15.0. The van der Waals surface area contributed by atoms with Crippen LogP contribution in [-0.2, 0) is 4.74 Å². The lowest BCUT2D eigenvalue weighted by atomic mass is 9.95. The molecule has 4 atom stereocenters. The highest BCUT2D eigenvalue weighted by Crippen LogP contribution is 2.30. The van der Waals surface area contributed by atoms with E-state index < -0.39 is 24.4 Å². The van der Waals surface area contributed by atoms with Gasteiger partial charge in [0.15, 0.2) is 17.7 Å². The highest BCUT2D eigenvalue weighted by atomic mass is 16.5. The molecule has 2 aromatic rings. The minimum Gasteiger partial charge on any atom is -0.396 e. The van der Waals surface area contributed by atoms with Crippen molar-refractivity contribution in [1.82, 2.24) is 19.5 Å². The molecular formula is C12H17N5O4. The molecule has 4 N–H and O–H groups in total. The van der Waals surface area contributed by atoms with Crippen LogP contribution in [0, 0.1) is 5.92 Å². The first-order chi connectivity index (χ1) is 10.2. The summed E-state index contributed by atoms with van der Waals surface area (Å²) in [6.07, 6.45) is -0.195. The van der Waals surface area contributed by atoms with Crippen LogP contribution < -0.4 is 5.32 Å². The van der Waals surface area contributed by atoms with Gasteiger partial charge in [0.25, 0.3) is 0 Å². The van der Waals surface area contributed by atoms with E-state index in [1.807, 2.05) is 0 Å². The number of aliphatic hydroxyl groups excluding tert-OH is 3. The van der Waals surface area contributed by atoms with Crippen LogP contribution in [0.15, 0.2) is 12.7 Å². The molecule has 1 aliphatic heterocycles. The Morgan fingerprint density at radius 3 is 2.86 bits per heavy atom. The number of imidazole rings is 1. The Morgan fingerprint density at radius 1 is 1.33 bits per heavy atom. The van der Waals surface area contributed by atoms with Gasteiger partial charge in [-0.3, -0.25) is 4.57 Å². The lowest BCUT2D eigenvalue weighted by Gasteiger charge is -2.37. The van der Waals surface area contributed by atoms with Crippen molar-refractivity contribution in [1.29, 1.82) is 0 Å². The Kier molecular flexibility index (Phi) is 3.72. The van der Waals surface area contributed by atoms with E-state index in [1.165, 1.54) is 12.7 Å². The van der Waals surface area contributed by atoms with E-state index >= 15 is 0 Å². The van der Waals surface area contributed by atoms with Crippen LogP contribution in [0.4, 0.5) is 5.82 Å². The number of anilines is 1. The molecule has 3 rings (SSSR count). The molecule has 1 aliphatic rings. The Balaban J connectivity index is 1.98. The minimum atomic E-state index is -1.18. The maximum atomic E-state index is 10.2. The third kappa shape index (κ3) is 2.23. The molecule has 0 aromatic carbocycles. The second-order valence-electron chi connectivity index (χ2n) is 4.94. The molecule has 0 aliphatic carbocycles. The van der Waals surface area contributed by atoms with Gasteiger partial charge in [0.2, 0.25) is 0 Å². The van der Waals surface area contributed by atoms with E-state index in [-0.39, 0.29) is 13.2 Å². The standard InChI is InChI=1S/C12H17N5O4/c1-13-10-7-11(15-4-14-10)17(5-16-7)12-9(20)8(19)6(2-18)3-21-12/h4-6,8-9,12,18-20H,2-3H2,1H3,(H,13,14,15). The third-order valence-corrected chi connectivity index (χ3v) is 3.71. The SMILES string of the molecule is CNc1ncnc2c1ncn2C1OCC(CO)C(O)C1O. The summed E-state index contributed by atoms with van der Waals surface area (Å²) in [7, 11) is 1.72. The molecular weight excluding hydrogens is 278 g/mol. The van der Waals surface area contributed by atoms with Gasteiger partial charge in [0, 0.05) is 13.0 Å². The predicted octanol–water partition coefficient (Wildman–Crippen LogP) is -1.27. The van der Waals surface area contributed by atoms with Crippen LogP contribution in [0.25, 0.3) is 11.2 Å². The Labute approximate surface area is 120 Å². The molecule has 114 valence electrons. The molecule has 0 saturated carbocycles. The van der Waals surface area contributed by atoms with E-state index in [0.717, 1.165) is 0 Å². The quantitative estimate of drug-likeness (QED) is 0.552. The first kappa shape index (κ1) is 14.1. The summed E-state index contributed by atoms with van der Waals surface area (Å²) >= 11 is 0. The van der Waals surface area contributed by atoms with Crippen molar-refractivity contribution in [2.45, 2.75) is 18.4 Å². The second kappa shape index (κ2) is 5.53. The van der Waals surface area contributed by atoms with Gasteiger partial charge in [-0.1, -0.05) is 0 Å². The van der Waals surface area contributed by atoms with Crippen LogP contribution in [0.1, 0.15) is 6.23 Å². The average Bonchev–Trinajstić information content (AvgIpc) is 2.94. The van der Waals surface area contributed by atoms with E-state index in [4.69, 9.17) is 9.84 Å². The summed E-state index contributed by atoms with van der Waals surface area (Å²) in [5.41, 5.74) is 1.04. The number of fused-ring (bicyclic) bond motifs is 1. The van der Waals surface area contributed by atoms with Crippen LogP contribution >= 0.6 is 0 Å². The zero-order valence-corrected chi connectivity index (χ0v) is 11.4. The number of ether oxygens (including phenoxy) is 1.